The van der Waals surface area contributed by atoms with Gasteiger partial charge in [-0.1, -0.05) is 25.1 Å². The maximum Gasteiger partial charge on any atom is 0.416 e. The van der Waals surface area contributed by atoms with Crippen LogP contribution in [0.25, 0.3) is 0 Å². The Kier molecular flexibility index (Phi) is 5.06. The number of hydrogen-bond donors (Lipinski definition) is 1. The molecule has 0 radical (unpaired) electrons. The highest BCUT2D eigenvalue weighted by molar-refractivity contribution is 7.12. The zero-order valence-electron chi connectivity index (χ0n) is 12.0. The first-order chi connectivity index (χ1) is 9.90. The molecule has 21 heavy (non-hydrogen) atoms. The van der Waals surface area contributed by atoms with Gasteiger partial charge in [-0.2, -0.15) is 13.2 Å². The molecule has 0 aliphatic carbocycles. The molecule has 1 N–H and O–H groups in total. The van der Waals surface area contributed by atoms with Crippen LogP contribution in [-0.2, 0) is 19.1 Å². The van der Waals surface area contributed by atoms with Gasteiger partial charge in [-0.3, -0.25) is 0 Å². The van der Waals surface area contributed by atoms with Crippen LogP contribution >= 0.6 is 11.3 Å². The molecule has 2 rings (SSSR count). The van der Waals surface area contributed by atoms with Gasteiger partial charge < -0.3 is 5.32 Å². The smallest absolute Gasteiger partial charge is 0.305 e. The second-order valence-electron chi connectivity index (χ2n) is 4.96. The van der Waals surface area contributed by atoms with Crippen LogP contribution in [0.4, 0.5) is 13.2 Å². The maximum absolute atomic E-state index is 12.7. The molecule has 0 saturated heterocycles. The van der Waals surface area contributed by atoms with Crippen molar-refractivity contribution in [2.75, 3.05) is 0 Å². The average Bonchev–Trinajstić information content (AvgIpc) is 2.93. The lowest BCUT2D eigenvalue weighted by atomic mass is 10.1. The van der Waals surface area contributed by atoms with Gasteiger partial charge in [0.25, 0.3) is 0 Å². The predicted molar refractivity (Wildman–Crippen MR) is 80.4 cm³/mol. The molecule has 1 nitrogen and oxygen atoms in total. The van der Waals surface area contributed by atoms with Gasteiger partial charge in [0.2, 0.25) is 0 Å². The van der Waals surface area contributed by atoms with Crippen molar-refractivity contribution in [1.29, 1.82) is 0 Å². The average molecular weight is 313 g/mol. The Morgan fingerprint density at radius 2 is 1.95 bits per heavy atom. The lowest BCUT2D eigenvalue weighted by Gasteiger charge is -2.13. The summed E-state index contributed by atoms with van der Waals surface area (Å²) in [5.41, 5.74) is 0.0443. The summed E-state index contributed by atoms with van der Waals surface area (Å²) >= 11 is 1.74. The van der Waals surface area contributed by atoms with Gasteiger partial charge in [-0.15, -0.1) is 11.3 Å². The van der Waals surface area contributed by atoms with Crippen molar-refractivity contribution in [1.82, 2.24) is 5.32 Å². The van der Waals surface area contributed by atoms with E-state index in [1.54, 1.807) is 17.4 Å². The third kappa shape index (κ3) is 4.32. The molecule has 0 aliphatic heterocycles. The molecule has 1 aromatic heterocycles. The Balaban J connectivity index is 1.99. The zero-order chi connectivity index (χ0) is 15.5. The number of alkyl halides is 3. The van der Waals surface area contributed by atoms with E-state index in [1.807, 2.05) is 6.92 Å². The van der Waals surface area contributed by atoms with Crippen molar-refractivity contribution in [3.05, 3.63) is 57.3 Å². The van der Waals surface area contributed by atoms with Gasteiger partial charge in [-0.05, 0) is 37.1 Å². The fourth-order valence-corrected chi connectivity index (χ4v) is 3.03. The van der Waals surface area contributed by atoms with Crippen molar-refractivity contribution in [2.45, 2.75) is 39.0 Å². The van der Waals surface area contributed by atoms with Crippen LogP contribution in [0.15, 0.2) is 36.4 Å². The Morgan fingerprint density at radius 3 is 2.57 bits per heavy atom. The fourth-order valence-electron chi connectivity index (χ4n) is 2.05. The van der Waals surface area contributed by atoms with Crippen LogP contribution in [0.3, 0.4) is 0 Å². The topological polar surface area (TPSA) is 12.0 Å². The first-order valence-corrected chi connectivity index (χ1v) is 7.70. The number of nitrogens with one attached hydrogen (secondary N) is 1. The highest BCUT2D eigenvalue weighted by Gasteiger charge is 2.30. The largest absolute Gasteiger partial charge is 0.416 e. The minimum absolute atomic E-state index is 0.129. The first-order valence-electron chi connectivity index (χ1n) is 6.88. The van der Waals surface area contributed by atoms with Crippen LogP contribution in [0.2, 0.25) is 0 Å². The molecule has 0 saturated carbocycles. The summed E-state index contributed by atoms with van der Waals surface area (Å²) in [6.07, 6.45) is -3.28. The standard InChI is InChI=1S/C16H18F3NS/c1-3-14-7-8-15(21-14)11(2)20-10-12-5-4-6-13(9-12)16(17,18)19/h4-9,11,20H,3,10H2,1-2H3. The molecule has 1 aromatic carbocycles. The normalized spacial score (nSPS) is 13.4. The molecule has 2 aromatic rings. The molecular formula is C16H18F3NS. The van der Waals surface area contributed by atoms with Gasteiger partial charge >= 0.3 is 6.18 Å². The van der Waals surface area contributed by atoms with E-state index in [0.29, 0.717) is 12.1 Å². The van der Waals surface area contributed by atoms with Crippen LogP contribution in [0, 0.1) is 0 Å². The van der Waals surface area contributed by atoms with E-state index in [2.05, 4.69) is 24.4 Å². The van der Waals surface area contributed by atoms with Gasteiger partial charge in [0.1, 0.15) is 0 Å². The molecule has 114 valence electrons. The van der Waals surface area contributed by atoms with Crippen molar-refractivity contribution >= 4 is 11.3 Å². The second-order valence-corrected chi connectivity index (χ2v) is 6.16. The predicted octanol–water partition coefficient (Wildman–Crippen LogP) is 5.18. The fraction of sp³-hybridized carbons (Fsp3) is 0.375. The van der Waals surface area contributed by atoms with Crippen molar-refractivity contribution in [2.24, 2.45) is 0 Å². The number of aryl methyl sites for hydroxylation is 1. The molecule has 1 heterocycles. The molecule has 5 heteroatoms. The highest BCUT2D eigenvalue weighted by Crippen LogP contribution is 2.30. The van der Waals surface area contributed by atoms with Gasteiger partial charge in [0, 0.05) is 22.3 Å². The highest BCUT2D eigenvalue weighted by atomic mass is 32.1. The number of rotatable bonds is 5. The quantitative estimate of drug-likeness (QED) is 0.802. The summed E-state index contributed by atoms with van der Waals surface area (Å²) in [5, 5.41) is 3.27. The van der Waals surface area contributed by atoms with Crippen molar-refractivity contribution in [3.63, 3.8) is 0 Å². The summed E-state index contributed by atoms with van der Waals surface area (Å²) in [4.78, 5) is 2.52. The van der Waals surface area contributed by atoms with Crippen LogP contribution < -0.4 is 5.32 Å². The maximum atomic E-state index is 12.7. The summed E-state index contributed by atoms with van der Waals surface area (Å²) in [6.45, 7) is 4.56. The zero-order valence-corrected chi connectivity index (χ0v) is 12.8. The van der Waals surface area contributed by atoms with Gasteiger partial charge in [0.05, 0.1) is 5.56 Å². The summed E-state index contributed by atoms with van der Waals surface area (Å²) in [7, 11) is 0. The monoisotopic (exact) mass is 313 g/mol. The third-order valence-electron chi connectivity index (χ3n) is 3.32. The Hall–Kier alpha value is -1.33. The first kappa shape index (κ1) is 16.0. The Morgan fingerprint density at radius 1 is 1.19 bits per heavy atom. The van der Waals surface area contributed by atoms with E-state index in [-0.39, 0.29) is 6.04 Å². The summed E-state index contributed by atoms with van der Waals surface area (Å²) in [5.74, 6) is 0. The molecule has 0 fully saturated rings. The number of thiophene rings is 1. The second kappa shape index (κ2) is 6.62. The Bertz CT molecular complexity index is 589. The number of benzene rings is 1. The molecule has 1 unspecified atom stereocenters. The van der Waals surface area contributed by atoms with Gasteiger partial charge in [-0.25, -0.2) is 0 Å². The Labute approximate surface area is 126 Å². The lowest BCUT2D eigenvalue weighted by Crippen LogP contribution is -2.17. The number of halogens is 3. The van der Waals surface area contributed by atoms with E-state index < -0.39 is 11.7 Å². The minimum Gasteiger partial charge on any atom is -0.305 e. The third-order valence-corrected chi connectivity index (χ3v) is 4.74. The van der Waals surface area contributed by atoms with Crippen molar-refractivity contribution < 1.29 is 13.2 Å². The van der Waals surface area contributed by atoms with E-state index in [0.717, 1.165) is 12.5 Å². The van der Waals surface area contributed by atoms with E-state index in [9.17, 15) is 13.2 Å². The van der Waals surface area contributed by atoms with E-state index >= 15 is 0 Å². The molecule has 0 spiro atoms. The molecular weight excluding hydrogens is 295 g/mol. The molecule has 0 aliphatic rings. The molecule has 0 amide bonds. The van der Waals surface area contributed by atoms with Crippen LogP contribution in [-0.4, -0.2) is 0 Å². The minimum atomic E-state index is -4.29. The lowest BCUT2D eigenvalue weighted by molar-refractivity contribution is -0.137. The SMILES string of the molecule is CCc1ccc(C(C)NCc2cccc(C(F)(F)F)c2)s1. The van der Waals surface area contributed by atoms with Crippen molar-refractivity contribution in [3.8, 4) is 0 Å². The molecule has 0 bridgehead atoms. The summed E-state index contributed by atoms with van der Waals surface area (Å²) in [6, 6.07) is 9.76. The van der Waals surface area contributed by atoms with Gasteiger partial charge in [0.15, 0.2) is 0 Å². The van der Waals surface area contributed by atoms with E-state index in [1.165, 1.54) is 21.9 Å². The number of hydrogen-bond acceptors (Lipinski definition) is 2. The van der Waals surface area contributed by atoms with Crippen LogP contribution in [0.1, 0.15) is 40.8 Å². The van der Waals surface area contributed by atoms with E-state index in [4.69, 9.17) is 0 Å². The summed E-state index contributed by atoms with van der Waals surface area (Å²) < 4.78 is 38.0. The van der Waals surface area contributed by atoms with Crippen LogP contribution in [0.5, 0.6) is 0 Å². The molecule has 1 atom stereocenters.